The summed E-state index contributed by atoms with van der Waals surface area (Å²) in [5.74, 6) is -1.12. The molecule has 1 aromatic rings. The molecule has 0 saturated carbocycles. The minimum atomic E-state index is -0.559. The van der Waals surface area contributed by atoms with Crippen molar-refractivity contribution >= 4 is 6.09 Å². The van der Waals surface area contributed by atoms with Crippen LogP contribution in [-0.2, 0) is 4.74 Å². The van der Waals surface area contributed by atoms with Gasteiger partial charge in [0.15, 0.2) is 0 Å². The summed E-state index contributed by atoms with van der Waals surface area (Å²) in [5.41, 5.74) is -0.492. The lowest BCUT2D eigenvalue weighted by Crippen LogP contribution is -2.35. The van der Waals surface area contributed by atoms with Crippen molar-refractivity contribution in [2.45, 2.75) is 45.8 Å². The number of nitrogens with one attached hydrogen (secondary N) is 1. The van der Waals surface area contributed by atoms with Crippen LogP contribution in [0.5, 0.6) is 0 Å². The van der Waals surface area contributed by atoms with E-state index in [-0.39, 0.29) is 11.7 Å². The Morgan fingerprint density at radius 2 is 1.87 bits per heavy atom. The smallest absolute Gasteiger partial charge is 0.410 e. The fraction of sp³-hybridized carbons (Fsp3) is 0.588. The largest absolute Gasteiger partial charge is 0.444 e. The van der Waals surface area contributed by atoms with Crippen LogP contribution in [0.25, 0.3) is 0 Å². The number of amides is 1. The molecule has 1 aromatic carbocycles. The highest BCUT2D eigenvalue weighted by atomic mass is 19.1. The Balaban J connectivity index is 2.38. The molecular weight excluding hydrogens is 302 g/mol. The Morgan fingerprint density at radius 3 is 2.39 bits per heavy atom. The lowest BCUT2D eigenvalue weighted by atomic mass is 10.1. The van der Waals surface area contributed by atoms with Crippen LogP contribution in [0.15, 0.2) is 18.2 Å². The number of nitrogens with zero attached hydrogens (tertiary/aromatic N) is 1. The molecule has 1 rings (SSSR count). The van der Waals surface area contributed by atoms with Gasteiger partial charge in [0, 0.05) is 25.2 Å². The van der Waals surface area contributed by atoms with E-state index in [2.05, 4.69) is 5.32 Å². The Bertz CT molecular complexity index is 510. The van der Waals surface area contributed by atoms with Gasteiger partial charge in [0.05, 0.1) is 0 Å². The van der Waals surface area contributed by atoms with E-state index in [9.17, 15) is 13.6 Å². The standard InChI is InChI=1S/C17H26F2N2O2/c1-12(15-13(18)8-6-9-14(15)19)20-10-7-11-21(5)16(22)23-17(2,3)4/h6,8-9,12,20H,7,10-11H2,1-5H3. The maximum atomic E-state index is 13.7. The third-order valence-electron chi connectivity index (χ3n) is 3.26. The molecule has 1 unspecified atom stereocenters. The van der Waals surface area contributed by atoms with Crippen molar-refractivity contribution < 1.29 is 18.3 Å². The predicted molar refractivity (Wildman–Crippen MR) is 86.3 cm³/mol. The third kappa shape index (κ3) is 6.52. The first-order valence-electron chi connectivity index (χ1n) is 7.73. The zero-order chi connectivity index (χ0) is 17.6. The molecule has 0 aliphatic heterocycles. The summed E-state index contributed by atoms with van der Waals surface area (Å²) in [6.45, 7) is 8.16. The van der Waals surface area contributed by atoms with E-state index < -0.39 is 23.3 Å². The molecule has 1 N–H and O–H groups in total. The first kappa shape index (κ1) is 19.4. The van der Waals surface area contributed by atoms with E-state index in [1.165, 1.54) is 23.1 Å². The fourth-order valence-electron chi connectivity index (χ4n) is 2.09. The summed E-state index contributed by atoms with van der Waals surface area (Å²) in [7, 11) is 1.66. The van der Waals surface area contributed by atoms with Crippen LogP contribution in [0, 0.1) is 11.6 Å². The van der Waals surface area contributed by atoms with Crippen LogP contribution < -0.4 is 5.32 Å². The number of ether oxygens (including phenoxy) is 1. The average molecular weight is 328 g/mol. The molecule has 0 aliphatic carbocycles. The highest BCUT2D eigenvalue weighted by Gasteiger charge is 2.19. The van der Waals surface area contributed by atoms with Gasteiger partial charge in [-0.25, -0.2) is 13.6 Å². The molecule has 0 bridgehead atoms. The number of halogens is 2. The van der Waals surface area contributed by atoms with E-state index >= 15 is 0 Å². The van der Waals surface area contributed by atoms with E-state index in [1.54, 1.807) is 14.0 Å². The molecule has 0 saturated heterocycles. The van der Waals surface area contributed by atoms with E-state index in [4.69, 9.17) is 4.74 Å². The van der Waals surface area contributed by atoms with E-state index in [0.29, 0.717) is 19.5 Å². The molecule has 1 atom stereocenters. The maximum Gasteiger partial charge on any atom is 0.410 e. The van der Waals surface area contributed by atoms with E-state index in [0.717, 1.165) is 0 Å². The quantitative estimate of drug-likeness (QED) is 0.806. The second-order valence-corrected chi connectivity index (χ2v) is 6.57. The molecular formula is C17H26F2N2O2. The summed E-state index contributed by atoms with van der Waals surface area (Å²) >= 11 is 0. The summed E-state index contributed by atoms with van der Waals surface area (Å²) in [6, 6.07) is 3.39. The van der Waals surface area contributed by atoms with Gasteiger partial charge in [-0.3, -0.25) is 0 Å². The third-order valence-corrected chi connectivity index (χ3v) is 3.26. The highest BCUT2D eigenvalue weighted by molar-refractivity contribution is 5.67. The lowest BCUT2D eigenvalue weighted by molar-refractivity contribution is 0.0297. The van der Waals surface area contributed by atoms with Crippen molar-refractivity contribution in [2.24, 2.45) is 0 Å². The molecule has 6 heteroatoms. The van der Waals surface area contributed by atoms with Crippen molar-refractivity contribution in [2.75, 3.05) is 20.1 Å². The Labute approximate surface area is 136 Å². The van der Waals surface area contributed by atoms with Gasteiger partial charge < -0.3 is 15.0 Å². The van der Waals surface area contributed by atoms with Gasteiger partial charge in [-0.1, -0.05) is 6.07 Å². The number of carbonyl (C=O) groups is 1. The zero-order valence-corrected chi connectivity index (χ0v) is 14.5. The first-order chi connectivity index (χ1) is 10.6. The molecule has 0 fully saturated rings. The van der Waals surface area contributed by atoms with Crippen LogP contribution in [-0.4, -0.2) is 36.7 Å². The summed E-state index contributed by atoms with van der Waals surface area (Å²) in [4.78, 5) is 13.3. The van der Waals surface area contributed by atoms with Gasteiger partial charge >= 0.3 is 6.09 Å². The van der Waals surface area contributed by atoms with Crippen LogP contribution >= 0.6 is 0 Å². The Kier molecular flexibility index (Phi) is 6.94. The number of hydrogen-bond donors (Lipinski definition) is 1. The van der Waals surface area contributed by atoms with Crippen molar-refractivity contribution in [1.82, 2.24) is 10.2 Å². The summed E-state index contributed by atoms with van der Waals surface area (Å²) in [5, 5.41) is 3.06. The molecule has 0 spiro atoms. The van der Waals surface area contributed by atoms with Crippen LogP contribution in [0.2, 0.25) is 0 Å². The fourth-order valence-corrected chi connectivity index (χ4v) is 2.09. The second-order valence-electron chi connectivity index (χ2n) is 6.57. The molecule has 4 nitrogen and oxygen atoms in total. The molecule has 23 heavy (non-hydrogen) atoms. The first-order valence-corrected chi connectivity index (χ1v) is 7.73. The minimum absolute atomic E-state index is 0.0352. The number of benzene rings is 1. The maximum absolute atomic E-state index is 13.7. The van der Waals surface area contributed by atoms with Gasteiger partial charge in [-0.15, -0.1) is 0 Å². The SMILES string of the molecule is CC(NCCCN(C)C(=O)OC(C)(C)C)c1c(F)cccc1F. The highest BCUT2D eigenvalue weighted by Crippen LogP contribution is 2.20. The Morgan fingerprint density at radius 1 is 1.30 bits per heavy atom. The second kappa shape index (κ2) is 8.24. The molecule has 0 radical (unpaired) electrons. The van der Waals surface area contributed by atoms with Crippen LogP contribution in [0.3, 0.4) is 0 Å². The van der Waals surface area contributed by atoms with Gasteiger partial charge in [-0.2, -0.15) is 0 Å². The average Bonchev–Trinajstić information content (AvgIpc) is 2.41. The zero-order valence-electron chi connectivity index (χ0n) is 14.5. The van der Waals surface area contributed by atoms with E-state index in [1.807, 2.05) is 20.8 Å². The van der Waals surface area contributed by atoms with Crippen molar-refractivity contribution in [1.29, 1.82) is 0 Å². The summed E-state index contributed by atoms with van der Waals surface area (Å²) < 4.78 is 32.6. The van der Waals surface area contributed by atoms with Gasteiger partial charge in [0.25, 0.3) is 0 Å². The van der Waals surface area contributed by atoms with Crippen molar-refractivity contribution in [3.8, 4) is 0 Å². The number of rotatable bonds is 6. The minimum Gasteiger partial charge on any atom is -0.444 e. The van der Waals surface area contributed by atoms with Gasteiger partial charge in [0.1, 0.15) is 17.2 Å². The Hall–Kier alpha value is -1.69. The van der Waals surface area contributed by atoms with Gasteiger partial charge in [0.2, 0.25) is 0 Å². The van der Waals surface area contributed by atoms with Crippen molar-refractivity contribution in [3.63, 3.8) is 0 Å². The van der Waals surface area contributed by atoms with Gasteiger partial charge in [-0.05, 0) is 52.8 Å². The molecule has 0 aromatic heterocycles. The molecule has 130 valence electrons. The topological polar surface area (TPSA) is 41.6 Å². The van der Waals surface area contributed by atoms with Crippen LogP contribution in [0.4, 0.5) is 13.6 Å². The summed E-state index contributed by atoms with van der Waals surface area (Å²) in [6.07, 6.45) is 0.265. The number of carbonyl (C=O) groups excluding carboxylic acids is 1. The number of hydrogen-bond acceptors (Lipinski definition) is 3. The molecule has 0 heterocycles. The normalized spacial score (nSPS) is 12.8. The molecule has 0 aliphatic rings. The van der Waals surface area contributed by atoms with Crippen LogP contribution in [0.1, 0.15) is 45.7 Å². The molecule has 1 amide bonds. The monoisotopic (exact) mass is 328 g/mol. The predicted octanol–water partition coefficient (Wildman–Crippen LogP) is 3.87. The lowest BCUT2D eigenvalue weighted by Gasteiger charge is -2.25. The van der Waals surface area contributed by atoms with Crippen molar-refractivity contribution in [3.05, 3.63) is 35.4 Å².